The molecule has 0 radical (unpaired) electrons. The number of hydrogen-bond acceptors (Lipinski definition) is 8. The van der Waals surface area contributed by atoms with E-state index in [1.165, 1.54) is 20.8 Å². The van der Waals surface area contributed by atoms with Crippen molar-refractivity contribution < 1.29 is 41.5 Å². The number of Topliss-reactive ketones (excluding diaryl/α,β-unsaturated/α-hetero) is 1. The highest BCUT2D eigenvalue weighted by atomic mass is 32.2. The second-order valence-corrected chi connectivity index (χ2v) is 19.0. The second kappa shape index (κ2) is 15.4. The van der Waals surface area contributed by atoms with E-state index in [0.29, 0.717) is 48.8 Å². The van der Waals surface area contributed by atoms with E-state index >= 15 is 0 Å². The van der Waals surface area contributed by atoms with Gasteiger partial charge >= 0.3 is 6.09 Å². The van der Waals surface area contributed by atoms with Crippen LogP contribution in [0.1, 0.15) is 98.2 Å². The molecule has 5 atom stereocenters. The normalized spacial score (nSPS) is 27.9. The lowest BCUT2D eigenvalue weighted by atomic mass is 9.89. The first-order valence-electron chi connectivity index (χ1n) is 19.7. The third kappa shape index (κ3) is 7.99. The van der Waals surface area contributed by atoms with Crippen LogP contribution in [-0.4, -0.2) is 90.2 Å². The van der Waals surface area contributed by atoms with Crippen molar-refractivity contribution in [2.45, 2.75) is 108 Å². The van der Waals surface area contributed by atoms with Gasteiger partial charge in [0.25, 0.3) is 5.91 Å². The predicted octanol–water partition coefficient (Wildman–Crippen LogP) is 5.29. The Kier molecular flexibility index (Phi) is 10.9. The Labute approximate surface area is 327 Å². The summed E-state index contributed by atoms with van der Waals surface area (Å²) in [6.07, 6.45) is 7.27. The van der Waals surface area contributed by atoms with Gasteiger partial charge in [-0.1, -0.05) is 49.3 Å². The molecule has 56 heavy (non-hydrogen) atoms. The third-order valence-corrected chi connectivity index (χ3v) is 14.6. The summed E-state index contributed by atoms with van der Waals surface area (Å²) < 4.78 is 48.1. The van der Waals surface area contributed by atoms with Gasteiger partial charge in [0.2, 0.25) is 21.8 Å². The zero-order valence-electron chi connectivity index (χ0n) is 32.3. The maximum atomic E-state index is 14.8. The first-order chi connectivity index (χ1) is 26.6. The van der Waals surface area contributed by atoms with Gasteiger partial charge in [-0.15, -0.1) is 0 Å². The Balaban J connectivity index is 1.16. The van der Waals surface area contributed by atoms with Crippen molar-refractivity contribution in [3.63, 3.8) is 0 Å². The summed E-state index contributed by atoms with van der Waals surface area (Å²) in [6.45, 7) is 1.74. The molecule has 300 valence electrons. The van der Waals surface area contributed by atoms with Crippen molar-refractivity contribution in [2.24, 2.45) is 17.3 Å². The summed E-state index contributed by atoms with van der Waals surface area (Å²) in [6, 6.07) is 10.8. The molecular weight excluding hydrogens is 740 g/mol. The Morgan fingerprint density at radius 1 is 1.04 bits per heavy atom. The van der Waals surface area contributed by atoms with Crippen LogP contribution in [-0.2, 0) is 48.7 Å². The highest BCUT2D eigenvalue weighted by molar-refractivity contribution is 7.91. The van der Waals surface area contributed by atoms with Crippen LogP contribution >= 0.6 is 0 Å². The van der Waals surface area contributed by atoms with Gasteiger partial charge in [0, 0.05) is 50.5 Å². The van der Waals surface area contributed by atoms with E-state index in [1.807, 2.05) is 18.2 Å². The molecule has 2 aromatic rings. The molecule has 3 heterocycles. The van der Waals surface area contributed by atoms with Gasteiger partial charge in [0.15, 0.2) is 5.78 Å². The third-order valence-electron chi connectivity index (χ3n) is 12.5. The standard InChI is InChI=1S/C42H51FN4O8S/c1-41(17-18-41)56(53,54)44-39(51)42-22-31(42)15-8-6-4-5-7-12-29(20-27-11-9-13-28(19-27)37(49)45(2)3)38(50)47-25-32(21-35(47)36(48)23-42)55-40(52)46-24-30-14-10-16-34(43)33(30)26-46/h8-11,13-16,19,29,31-32,35H,4-7,12,17-18,20-26H2,1-3H3,(H,44,51)/b15-8-/t29-,31+,32-,35+,42-/m1/s1. The topological polar surface area (TPSA) is 150 Å². The lowest BCUT2D eigenvalue weighted by Gasteiger charge is -2.29. The molecule has 1 saturated heterocycles. The van der Waals surface area contributed by atoms with Crippen molar-refractivity contribution in [3.05, 3.63) is 82.7 Å². The summed E-state index contributed by atoms with van der Waals surface area (Å²) in [7, 11) is -0.623. The number of carbonyl (C=O) groups is 5. The maximum absolute atomic E-state index is 14.8. The summed E-state index contributed by atoms with van der Waals surface area (Å²) in [5.41, 5.74) is 1.10. The molecule has 12 nitrogen and oxygen atoms in total. The number of rotatable bonds is 7. The van der Waals surface area contributed by atoms with Crippen LogP contribution in [0, 0.1) is 23.1 Å². The van der Waals surface area contributed by atoms with Crippen LogP contribution in [0.2, 0.25) is 0 Å². The molecule has 0 spiro atoms. The predicted molar refractivity (Wildman–Crippen MR) is 205 cm³/mol. The molecule has 0 aromatic heterocycles. The van der Waals surface area contributed by atoms with E-state index in [2.05, 4.69) is 4.72 Å². The number of fused-ring (bicyclic) bond motifs is 3. The monoisotopic (exact) mass is 790 g/mol. The van der Waals surface area contributed by atoms with E-state index in [9.17, 15) is 36.8 Å². The SMILES string of the molecule is CN(C)C(=O)c1cccc(C[C@H]2CCCCC/C=C\[C@H]3C[C@@]3(C(=O)NS(=O)(=O)C3(C)CC3)CC(=O)[C@@H]3C[C@@H](OC(=O)N4Cc5cccc(F)c5C4)CN3C2=O)c1. The molecule has 4 amide bonds. The summed E-state index contributed by atoms with van der Waals surface area (Å²) in [5.74, 6) is -2.87. The fourth-order valence-corrected chi connectivity index (χ4v) is 9.85. The average molecular weight is 791 g/mol. The van der Waals surface area contributed by atoms with Gasteiger partial charge in [0.05, 0.1) is 29.3 Å². The van der Waals surface area contributed by atoms with Crippen molar-refractivity contribution in [1.29, 1.82) is 0 Å². The Morgan fingerprint density at radius 3 is 2.54 bits per heavy atom. The van der Waals surface area contributed by atoms with Gasteiger partial charge in [-0.3, -0.25) is 28.8 Å². The number of ether oxygens (including phenoxy) is 1. The minimum atomic E-state index is -3.97. The summed E-state index contributed by atoms with van der Waals surface area (Å²) in [5, 5.41) is 0. The molecule has 7 rings (SSSR count). The van der Waals surface area contributed by atoms with Crippen LogP contribution in [0.25, 0.3) is 0 Å². The summed E-state index contributed by atoms with van der Waals surface area (Å²) in [4.78, 5) is 73.9. The molecular formula is C42H51FN4O8S. The lowest BCUT2D eigenvalue weighted by molar-refractivity contribution is -0.142. The Bertz CT molecular complexity index is 2070. The molecule has 3 fully saturated rings. The Hall–Kier alpha value is -4.59. The summed E-state index contributed by atoms with van der Waals surface area (Å²) >= 11 is 0. The van der Waals surface area contributed by atoms with Crippen LogP contribution in [0.4, 0.5) is 9.18 Å². The number of hydrogen-bond donors (Lipinski definition) is 1. The zero-order valence-corrected chi connectivity index (χ0v) is 33.1. The number of amides is 4. The molecule has 0 bridgehead atoms. The van der Waals surface area contributed by atoms with Crippen LogP contribution in [0.5, 0.6) is 0 Å². The first-order valence-corrected chi connectivity index (χ1v) is 21.2. The van der Waals surface area contributed by atoms with Crippen LogP contribution in [0.15, 0.2) is 54.6 Å². The number of sulfonamides is 1. The number of carbonyl (C=O) groups excluding carboxylic acids is 5. The number of nitrogens with zero attached hydrogens (tertiary/aromatic N) is 3. The van der Waals surface area contributed by atoms with Gasteiger partial charge in [-0.2, -0.15) is 0 Å². The van der Waals surface area contributed by atoms with Crippen molar-refractivity contribution in [2.75, 3.05) is 20.6 Å². The lowest BCUT2D eigenvalue weighted by Crippen LogP contribution is -2.47. The molecule has 1 N–H and O–H groups in total. The first kappa shape index (κ1) is 39.6. The van der Waals surface area contributed by atoms with Crippen LogP contribution in [0.3, 0.4) is 0 Å². The average Bonchev–Trinajstić information content (AvgIpc) is 3.95. The van der Waals surface area contributed by atoms with E-state index in [4.69, 9.17) is 4.74 Å². The molecule has 14 heteroatoms. The smallest absolute Gasteiger partial charge is 0.410 e. The van der Waals surface area contributed by atoms with E-state index in [1.54, 1.807) is 51.4 Å². The minimum Gasteiger partial charge on any atom is -0.444 e. The highest BCUT2D eigenvalue weighted by Crippen LogP contribution is 2.57. The fourth-order valence-electron chi connectivity index (χ4n) is 8.52. The quantitative estimate of drug-likeness (QED) is 0.372. The van der Waals surface area contributed by atoms with Gasteiger partial charge in [-0.25, -0.2) is 17.6 Å². The molecule has 2 saturated carbocycles. The minimum absolute atomic E-state index is 0.000417. The van der Waals surface area contributed by atoms with Crippen molar-refractivity contribution in [3.8, 4) is 0 Å². The second-order valence-electron chi connectivity index (χ2n) is 16.8. The van der Waals surface area contributed by atoms with Gasteiger partial charge in [0.1, 0.15) is 11.9 Å². The zero-order chi connectivity index (χ0) is 40.0. The van der Waals surface area contributed by atoms with Crippen LogP contribution < -0.4 is 4.72 Å². The number of nitrogens with one attached hydrogen (secondary N) is 1. The maximum Gasteiger partial charge on any atom is 0.410 e. The van der Waals surface area contributed by atoms with Crippen molar-refractivity contribution in [1.82, 2.24) is 19.4 Å². The Morgan fingerprint density at radius 2 is 1.80 bits per heavy atom. The number of halogens is 1. The highest BCUT2D eigenvalue weighted by Gasteiger charge is 2.62. The van der Waals surface area contributed by atoms with Gasteiger partial charge in [-0.05, 0) is 87.1 Å². The van der Waals surface area contributed by atoms with Gasteiger partial charge < -0.3 is 14.5 Å². The molecule has 2 aromatic carbocycles. The fraction of sp³-hybridized carbons (Fsp3) is 0.548. The molecule has 3 aliphatic heterocycles. The van der Waals surface area contributed by atoms with E-state index in [0.717, 1.165) is 31.2 Å². The van der Waals surface area contributed by atoms with Crippen molar-refractivity contribution >= 4 is 39.6 Å². The largest absolute Gasteiger partial charge is 0.444 e. The number of benzene rings is 2. The van der Waals surface area contributed by atoms with E-state index < -0.39 is 61.8 Å². The molecule has 0 unspecified atom stereocenters. The molecule has 2 aliphatic carbocycles. The number of ketones is 1. The molecule has 5 aliphatic rings. The van der Waals surface area contributed by atoms with E-state index in [-0.39, 0.29) is 50.2 Å². The number of allylic oxidation sites excluding steroid dienone is 2.